The van der Waals surface area contributed by atoms with Gasteiger partial charge in [-0.05, 0) is 18.8 Å². The summed E-state index contributed by atoms with van der Waals surface area (Å²) in [6, 6.07) is 0. The maximum absolute atomic E-state index is 11.2. The first-order valence-corrected chi connectivity index (χ1v) is 6.58. The lowest BCUT2D eigenvalue weighted by molar-refractivity contribution is -0.151. The van der Waals surface area contributed by atoms with E-state index >= 15 is 0 Å². The molecular formula is C16H26O2. The van der Waals surface area contributed by atoms with Gasteiger partial charge in [0.25, 0.3) is 0 Å². The van der Waals surface area contributed by atoms with E-state index in [4.69, 9.17) is 4.74 Å². The average Bonchev–Trinajstić information content (AvgIpc) is 2.22. The van der Waals surface area contributed by atoms with Gasteiger partial charge in [0.15, 0.2) is 5.60 Å². The Morgan fingerprint density at radius 2 is 2.00 bits per heavy atom. The summed E-state index contributed by atoms with van der Waals surface area (Å²) < 4.78 is 5.40. The van der Waals surface area contributed by atoms with E-state index in [1.807, 2.05) is 13.0 Å². The van der Waals surface area contributed by atoms with Crippen LogP contribution in [0.15, 0.2) is 12.7 Å². The second kappa shape index (κ2) is 7.26. The van der Waals surface area contributed by atoms with E-state index in [2.05, 4.69) is 39.2 Å². The Balaban J connectivity index is 4.86. The zero-order valence-corrected chi connectivity index (χ0v) is 12.4. The highest BCUT2D eigenvalue weighted by molar-refractivity contribution is 5.67. The number of hydrogen-bond donors (Lipinski definition) is 0. The van der Waals surface area contributed by atoms with Gasteiger partial charge in [-0.2, -0.15) is 0 Å². The standard InChI is InChI=1S/C16H26O2/c1-7-9-10-11-12-16(6,18-14(3)17)13-15(4,5)8-2/h8H,2,7,9-10,13H2,1,3-6H3. The monoisotopic (exact) mass is 250 g/mol. The van der Waals surface area contributed by atoms with Crippen molar-refractivity contribution in [1.82, 2.24) is 0 Å². The van der Waals surface area contributed by atoms with E-state index in [1.165, 1.54) is 6.92 Å². The molecule has 0 aromatic heterocycles. The molecule has 2 heteroatoms. The molecule has 0 aliphatic rings. The molecule has 102 valence electrons. The summed E-state index contributed by atoms with van der Waals surface area (Å²) in [5.74, 6) is 5.94. The van der Waals surface area contributed by atoms with Crippen LogP contribution in [0, 0.1) is 17.3 Å². The predicted molar refractivity (Wildman–Crippen MR) is 76.1 cm³/mol. The fraction of sp³-hybridized carbons (Fsp3) is 0.688. The molecule has 0 N–H and O–H groups in total. The van der Waals surface area contributed by atoms with E-state index in [-0.39, 0.29) is 11.4 Å². The minimum Gasteiger partial charge on any atom is -0.446 e. The third-order valence-electron chi connectivity index (χ3n) is 2.72. The Morgan fingerprint density at radius 3 is 2.44 bits per heavy atom. The van der Waals surface area contributed by atoms with Crippen molar-refractivity contribution in [3.63, 3.8) is 0 Å². The van der Waals surface area contributed by atoms with Gasteiger partial charge in [-0.3, -0.25) is 4.79 Å². The predicted octanol–water partition coefficient (Wildman–Crippen LogP) is 4.10. The van der Waals surface area contributed by atoms with Crippen molar-refractivity contribution >= 4 is 5.97 Å². The summed E-state index contributed by atoms with van der Waals surface area (Å²) in [4.78, 5) is 11.2. The Labute approximate surface area is 112 Å². The summed E-state index contributed by atoms with van der Waals surface area (Å²) in [6.07, 6.45) is 5.58. The fourth-order valence-corrected chi connectivity index (χ4v) is 1.88. The van der Waals surface area contributed by atoms with Crippen LogP contribution in [0.2, 0.25) is 0 Å². The van der Waals surface area contributed by atoms with Crippen molar-refractivity contribution in [3.8, 4) is 11.8 Å². The molecule has 0 saturated heterocycles. The van der Waals surface area contributed by atoms with Crippen LogP contribution >= 0.6 is 0 Å². The molecule has 1 atom stereocenters. The smallest absolute Gasteiger partial charge is 0.304 e. The molecule has 0 aromatic rings. The number of allylic oxidation sites excluding steroid dienone is 1. The van der Waals surface area contributed by atoms with Crippen LogP contribution in [-0.4, -0.2) is 11.6 Å². The van der Waals surface area contributed by atoms with E-state index in [0.29, 0.717) is 6.42 Å². The van der Waals surface area contributed by atoms with Crippen molar-refractivity contribution in [2.75, 3.05) is 0 Å². The largest absolute Gasteiger partial charge is 0.446 e. The summed E-state index contributed by atoms with van der Waals surface area (Å²) >= 11 is 0. The van der Waals surface area contributed by atoms with Crippen LogP contribution in [0.3, 0.4) is 0 Å². The van der Waals surface area contributed by atoms with Gasteiger partial charge in [0, 0.05) is 19.8 Å². The molecule has 0 aliphatic carbocycles. The molecule has 0 fully saturated rings. The first kappa shape index (κ1) is 16.8. The minimum absolute atomic E-state index is 0.108. The van der Waals surface area contributed by atoms with Crippen LogP contribution in [0.4, 0.5) is 0 Å². The Kier molecular flexibility index (Phi) is 6.76. The number of unbranched alkanes of at least 4 members (excludes halogenated alkanes) is 2. The van der Waals surface area contributed by atoms with Crippen LogP contribution < -0.4 is 0 Å². The number of carbonyl (C=O) groups is 1. The molecule has 0 amide bonds. The molecule has 0 aromatic carbocycles. The third kappa shape index (κ3) is 7.17. The average molecular weight is 250 g/mol. The molecule has 18 heavy (non-hydrogen) atoms. The van der Waals surface area contributed by atoms with E-state index in [1.54, 1.807) is 0 Å². The van der Waals surface area contributed by atoms with Gasteiger partial charge in [0.05, 0.1) is 0 Å². The Bertz CT molecular complexity index is 344. The maximum atomic E-state index is 11.2. The topological polar surface area (TPSA) is 26.3 Å². The normalized spacial score (nSPS) is 14.1. The van der Waals surface area contributed by atoms with Crippen LogP contribution in [0.25, 0.3) is 0 Å². The van der Waals surface area contributed by atoms with Gasteiger partial charge < -0.3 is 4.74 Å². The third-order valence-corrected chi connectivity index (χ3v) is 2.72. The van der Waals surface area contributed by atoms with Gasteiger partial charge in [-0.1, -0.05) is 45.1 Å². The number of rotatable bonds is 6. The van der Waals surface area contributed by atoms with E-state index in [0.717, 1.165) is 19.3 Å². The van der Waals surface area contributed by atoms with Crippen molar-refractivity contribution in [3.05, 3.63) is 12.7 Å². The highest BCUT2D eigenvalue weighted by atomic mass is 16.6. The summed E-state index contributed by atoms with van der Waals surface area (Å²) in [5.41, 5.74) is -0.832. The molecule has 1 unspecified atom stereocenters. The van der Waals surface area contributed by atoms with Crippen molar-refractivity contribution in [2.24, 2.45) is 5.41 Å². The lowest BCUT2D eigenvalue weighted by atomic mass is 9.81. The molecule has 0 rings (SSSR count). The lowest BCUT2D eigenvalue weighted by Crippen LogP contribution is -2.34. The molecule has 0 bridgehead atoms. The Hall–Kier alpha value is -1.23. The Morgan fingerprint density at radius 1 is 1.39 bits per heavy atom. The fourth-order valence-electron chi connectivity index (χ4n) is 1.88. The van der Waals surface area contributed by atoms with Gasteiger partial charge in [-0.15, -0.1) is 6.58 Å². The van der Waals surface area contributed by atoms with Gasteiger partial charge in [-0.25, -0.2) is 0 Å². The zero-order valence-electron chi connectivity index (χ0n) is 12.4. The second-order valence-electron chi connectivity index (χ2n) is 5.60. The highest BCUT2D eigenvalue weighted by Gasteiger charge is 2.32. The first-order chi connectivity index (χ1) is 8.24. The van der Waals surface area contributed by atoms with Crippen molar-refractivity contribution in [1.29, 1.82) is 0 Å². The van der Waals surface area contributed by atoms with Gasteiger partial charge >= 0.3 is 5.97 Å². The summed E-state index contributed by atoms with van der Waals surface area (Å²) in [5, 5.41) is 0. The first-order valence-electron chi connectivity index (χ1n) is 6.58. The number of ether oxygens (including phenoxy) is 1. The molecule has 0 aliphatic heterocycles. The zero-order chi connectivity index (χ0) is 14.2. The summed E-state index contributed by atoms with van der Waals surface area (Å²) in [6.45, 7) is 13.4. The molecule has 2 nitrogen and oxygen atoms in total. The van der Waals surface area contributed by atoms with Crippen LogP contribution in [-0.2, 0) is 9.53 Å². The maximum Gasteiger partial charge on any atom is 0.304 e. The molecule has 0 radical (unpaired) electrons. The highest BCUT2D eigenvalue weighted by Crippen LogP contribution is 2.31. The lowest BCUT2D eigenvalue weighted by Gasteiger charge is -2.31. The molecule has 0 spiro atoms. The van der Waals surface area contributed by atoms with Crippen molar-refractivity contribution in [2.45, 2.75) is 65.9 Å². The van der Waals surface area contributed by atoms with E-state index in [9.17, 15) is 4.79 Å². The quantitative estimate of drug-likeness (QED) is 0.307. The molecule has 0 heterocycles. The van der Waals surface area contributed by atoms with Crippen LogP contribution in [0.5, 0.6) is 0 Å². The number of carbonyl (C=O) groups excluding carboxylic acids is 1. The minimum atomic E-state index is -0.725. The van der Waals surface area contributed by atoms with Gasteiger partial charge in [0.2, 0.25) is 0 Å². The number of hydrogen-bond acceptors (Lipinski definition) is 2. The molecular weight excluding hydrogens is 224 g/mol. The van der Waals surface area contributed by atoms with Crippen LogP contribution in [0.1, 0.15) is 60.3 Å². The van der Waals surface area contributed by atoms with Gasteiger partial charge in [0.1, 0.15) is 0 Å². The van der Waals surface area contributed by atoms with Crippen molar-refractivity contribution < 1.29 is 9.53 Å². The SMILES string of the molecule is C=CC(C)(C)CC(C)(C#CCCCC)OC(C)=O. The number of esters is 1. The molecule has 0 saturated carbocycles. The summed E-state index contributed by atoms with van der Waals surface area (Å²) in [7, 11) is 0. The van der Waals surface area contributed by atoms with E-state index < -0.39 is 5.60 Å². The second-order valence-corrected chi connectivity index (χ2v) is 5.60.